The van der Waals surface area contributed by atoms with E-state index in [1.807, 2.05) is 41.1 Å². The molecule has 2 aromatic heterocycles. The molecule has 2 aromatic carbocycles. The van der Waals surface area contributed by atoms with Crippen molar-refractivity contribution < 1.29 is 4.79 Å². The van der Waals surface area contributed by atoms with Gasteiger partial charge in [-0.15, -0.1) is 0 Å². The summed E-state index contributed by atoms with van der Waals surface area (Å²) < 4.78 is 2.00. The van der Waals surface area contributed by atoms with Gasteiger partial charge >= 0.3 is 0 Å². The Morgan fingerprint density at radius 3 is 2.67 bits per heavy atom. The Morgan fingerprint density at radius 1 is 1.09 bits per heavy atom. The molecule has 33 heavy (non-hydrogen) atoms. The predicted molar refractivity (Wildman–Crippen MR) is 132 cm³/mol. The first-order valence-electron chi connectivity index (χ1n) is 11.7. The zero-order valence-corrected chi connectivity index (χ0v) is 19.3. The van der Waals surface area contributed by atoms with Gasteiger partial charge in [-0.3, -0.25) is 9.69 Å². The maximum Gasteiger partial charge on any atom is 0.229 e. The van der Waals surface area contributed by atoms with Gasteiger partial charge in [0.25, 0.3) is 0 Å². The smallest absolute Gasteiger partial charge is 0.229 e. The third-order valence-corrected chi connectivity index (χ3v) is 6.75. The molecule has 0 unspecified atom stereocenters. The van der Waals surface area contributed by atoms with Crippen LogP contribution >= 0.6 is 0 Å². The minimum absolute atomic E-state index is 0.00934. The number of aromatic nitrogens is 3. The number of nitrogens with zero attached hydrogens (tertiary/aromatic N) is 3. The number of piperidine rings is 1. The fourth-order valence-electron chi connectivity index (χ4n) is 4.87. The van der Waals surface area contributed by atoms with Crippen LogP contribution in [0.4, 0.5) is 5.82 Å². The Hall–Kier alpha value is -3.38. The second kappa shape index (κ2) is 9.24. The van der Waals surface area contributed by atoms with Gasteiger partial charge in [0.1, 0.15) is 5.82 Å². The van der Waals surface area contributed by atoms with Crippen molar-refractivity contribution in [3.05, 3.63) is 83.2 Å². The Labute approximate surface area is 194 Å². The molecule has 0 bridgehead atoms. The van der Waals surface area contributed by atoms with Crippen molar-refractivity contribution in [2.75, 3.05) is 18.4 Å². The molecule has 0 atom stereocenters. The molecule has 1 fully saturated rings. The van der Waals surface area contributed by atoms with E-state index in [0.717, 1.165) is 43.9 Å². The van der Waals surface area contributed by atoms with Crippen LogP contribution in [0, 0.1) is 13.8 Å². The maximum absolute atomic E-state index is 12.5. The van der Waals surface area contributed by atoms with Crippen LogP contribution in [0.25, 0.3) is 10.9 Å². The summed E-state index contributed by atoms with van der Waals surface area (Å²) in [6.07, 6.45) is 4.18. The van der Waals surface area contributed by atoms with Crippen molar-refractivity contribution >= 4 is 22.6 Å². The van der Waals surface area contributed by atoms with Crippen LogP contribution < -0.4 is 5.32 Å². The number of likely N-dealkylation sites (tertiary alicyclic amines) is 1. The standard InChI is InChI=1S/C27H31N5O/c1-19-8-9-24-23(16-19)20(2)25(29-24)18-31-14-11-22(12-15-31)32-26(10-13-28-32)30-27(33)17-21-6-4-3-5-7-21/h3-10,13,16,22,29H,11-12,14-15,17-18H2,1-2H3,(H,30,33). The molecule has 6 heteroatoms. The van der Waals surface area contributed by atoms with Crippen LogP contribution in [0.3, 0.4) is 0 Å². The largest absolute Gasteiger partial charge is 0.357 e. The summed E-state index contributed by atoms with van der Waals surface area (Å²) in [7, 11) is 0. The molecular formula is C27H31N5O. The number of amides is 1. The van der Waals surface area contributed by atoms with Crippen LogP contribution in [0.1, 0.15) is 41.3 Å². The van der Waals surface area contributed by atoms with Crippen molar-refractivity contribution in [3.8, 4) is 0 Å². The van der Waals surface area contributed by atoms with Gasteiger partial charge in [0, 0.05) is 42.3 Å². The van der Waals surface area contributed by atoms with E-state index in [4.69, 9.17) is 0 Å². The zero-order valence-electron chi connectivity index (χ0n) is 19.3. The minimum Gasteiger partial charge on any atom is -0.357 e. The molecule has 0 aliphatic carbocycles. The number of hydrogen-bond acceptors (Lipinski definition) is 3. The van der Waals surface area contributed by atoms with Crippen LogP contribution in [-0.4, -0.2) is 38.7 Å². The van der Waals surface area contributed by atoms with E-state index in [1.54, 1.807) is 6.20 Å². The summed E-state index contributed by atoms with van der Waals surface area (Å²) in [4.78, 5) is 18.7. The van der Waals surface area contributed by atoms with E-state index in [0.29, 0.717) is 12.5 Å². The van der Waals surface area contributed by atoms with Gasteiger partial charge in [-0.05, 0) is 49.9 Å². The fraction of sp³-hybridized carbons (Fsp3) is 0.333. The molecule has 1 aliphatic heterocycles. The van der Waals surface area contributed by atoms with Gasteiger partial charge in [0.15, 0.2) is 0 Å². The lowest BCUT2D eigenvalue weighted by Gasteiger charge is -2.32. The molecule has 2 N–H and O–H groups in total. The normalized spacial score (nSPS) is 15.2. The van der Waals surface area contributed by atoms with E-state index in [9.17, 15) is 4.79 Å². The number of fused-ring (bicyclic) bond motifs is 1. The van der Waals surface area contributed by atoms with Crippen molar-refractivity contribution in [2.24, 2.45) is 0 Å². The topological polar surface area (TPSA) is 66.0 Å². The monoisotopic (exact) mass is 441 g/mol. The molecule has 0 saturated carbocycles. The number of aryl methyl sites for hydroxylation is 2. The number of carbonyl (C=O) groups excluding carboxylic acids is 1. The first-order chi connectivity index (χ1) is 16.1. The fourth-order valence-corrected chi connectivity index (χ4v) is 4.87. The van der Waals surface area contributed by atoms with E-state index in [-0.39, 0.29) is 5.91 Å². The highest BCUT2D eigenvalue weighted by Gasteiger charge is 2.24. The molecule has 3 heterocycles. The molecule has 5 rings (SSSR count). The van der Waals surface area contributed by atoms with Gasteiger partial charge in [0.2, 0.25) is 5.91 Å². The molecule has 1 amide bonds. The summed E-state index contributed by atoms with van der Waals surface area (Å²) in [5, 5.41) is 8.92. The average Bonchev–Trinajstić information content (AvgIpc) is 3.39. The Bertz CT molecular complexity index is 1250. The van der Waals surface area contributed by atoms with Crippen molar-refractivity contribution in [3.63, 3.8) is 0 Å². The highest BCUT2D eigenvalue weighted by Crippen LogP contribution is 2.28. The molecule has 1 aliphatic rings. The molecule has 1 saturated heterocycles. The first kappa shape index (κ1) is 21.5. The number of rotatable bonds is 6. The third kappa shape index (κ3) is 4.71. The Balaban J connectivity index is 1.19. The lowest BCUT2D eigenvalue weighted by molar-refractivity contribution is -0.115. The van der Waals surface area contributed by atoms with Gasteiger partial charge in [-0.1, -0.05) is 42.0 Å². The van der Waals surface area contributed by atoms with Crippen LogP contribution in [0.5, 0.6) is 0 Å². The molecule has 170 valence electrons. The van der Waals surface area contributed by atoms with Gasteiger partial charge in [-0.2, -0.15) is 5.10 Å². The molecular weight excluding hydrogens is 410 g/mol. The third-order valence-electron chi connectivity index (χ3n) is 6.75. The number of nitrogens with one attached hydrogen (secondary N) is 2. The summed E-state index contributed by atoms with van der Waals surface area (Å²) in [5.74, 6) is 0.779. The van der Waals surface area contributed by atoms with Crippen LogP contribution in [-0.2, 0) is 17.8 Å². The average molecular weight is 442 g/mol. The number of benzene rings is 2. The molecule has 4 aromatic rings. The first-order valence-corrected chi connectivity index (χ1v) is 11.7. The van der Waals surface area contributed by atoms with E-state index < -0.39 is 0 Å². The van der Waals surface area contributed by atoms with E-state index >= 15 is 0 Å². The number of anilines is 1. The summed E-state index contributed by atoms with van der Waals surface area (Å²) in [5.41, 5.74) is 6.18. The Kier molecular flexibility index (Phi) is 6.01. The highest BCUT2D eigenvalue weighted by atomic mass is 16.1. The zero-order chi connectivity index (χ0) is 22.8. The Morgan fingerprint density at radius 2 is 1.88 bits per heavy atom. The molecule has 6 nitrogen and oxygen atoms in total. The summed E-state index contributed by atoms with van der Waals surface area (Å²) >= 11 is 0. The van der Waals surface area contributed by atoms with Crippen LogP contribution in [0.2, 0.25) is 0 Å². The SMILES string of the molecule is Cc1ccc2[nH]c(CN3CCC(n4nccc4NC(=O)Cc4ccccc4)CC3)c(C)c2c1. The van der Waals surface area contributed by atoms with Gasteiger partial charge in [-0.25, -0.2) is 4.68 Å². The van der Waals surface area contributed by atoms with Crippen LogP contribution in [0.15, 0.2) is 60.8 Å². The van der Waals surface area contributed by atoms with Crippen molar-refractivity contribution in [1.82, 2.24) is 19.7 Å². The summed E-state index contributed by atoms with van der Waals surface area (Å²) in [6.45, 7) is 7.32. The second-order valence-corrected chi connectivity index (χ2v) is 9.16. The minimum atomic E-state index is -0.00934. The number of H-pyrrole nitrogens is 1. The quantitative estimate of drug-likeness (QED) is 0.443. The summed E-state index contributed by atoms with van der Waals surface area (Å²) in [6, 6.07) is 18.6. The highest BCUT2D eigenvalue weighted by molar-refractivity contribution is 5.91. The van der Waals surface area contributed by atoms with Crippen molar-refractivity contribution in [2.45, 2.75) is 45.7 Å². The van der Waals surface area contributed by atoms with Gasteiger partial charge in [0.05, 0.1) is 18.7 Å². The molecule has 0 spiro atoms. The number of carbonyl (C=O) groups is 1. The lowest BCUT2D eigenvalue weighted by Crippen LogP contribution is -2.35. The maximum atomic E-state index is 12.5. The van der Waals surface area contributed by atoms with E-state index in [2.05, 4.69) is 52.3 Å². The van der Waals surface area contributed by atoms with E-state index in [1.165, 1.54) is 27.7 Å². The van der Waals surface area contributed by atoms with Crippen molar-refractivity contribution in [1.29, 1.82) is 0 Å². The second-order valence-electron chi connectivity index (χ2n) is 9.16. The number of hydrogen-bond donors (Lipinski definition) is 2. The van der Waals surface area contributed by atoms with Gasteiger partial charge < -0.3 is 10.3 Å². The lowest BCUT2D eigenvalue weighted by atomic mass is 10.0. The number of aromatic amines is 1. The predicted octanol–water partition coefficient (Wildman–Crippen LogP) is 5.00. The molecule has 0 radical (unpaired) electrons.